The first-order chi connectivity index (χ1) is 8.20. The normalized spacial score (nSPS) is 10.5. The van der Waals surface area contributed by atoms with Gasteiger partial charge in [0.25, 0.3) is 0 Å². The fraction of sp³-hybridized carbons (Fsp3) is 0.364. The lowest BCUT2D eigenvalue weighted by Crippen LogP contribution is -2.08. The van der Waals surface area contributed by atoms with E-state index in [4.69, 9.17) is 11.6 Å². The molecule has 2 aromatic rings. The molecule has 1 N–H and O–H groups in total. The van der Waals surface area contributed by atoms with Crippen LogP contribution in [0.3, 0.4) is 0 Å². The van der Waals surface area contributed by atoms with Crippen molar-refractivity contribution in [3.05, 3.63) is 29.2 Å². The van der Waals surface area contributed by atoms with E-state index < -0.39 is 0 Å². The summed E-state index contributed by atoms with van der Waals surface area (Å²) in [6.45, 7) is 4.84. The standard InChI is InChI=1S/C11H14ClN5/c1-3-5-13-11-14-7-9(12)10(15-11)17-6-4-8(2)16-17/h4,6-7H,3,5H2,1-2H3,(H,13,14,15). The van der Waals surface area contributed by atoms with Gasteiger partial charge < -0.3 is 5.32 Å². The van der Waals surface area contributed by atoms with Crippen LogP contribution < -0.4 is 5.32 Å². The summed E-state index contributed by atoms with van der Waals surface area (Å²) >= 11 is 6.06. The quantitative estimate of drug-likeness (QED) is 0.907. The van der Waals surface area contributed by atoms with Crippen LogP contribution in [0.1, 0.15) is 19.0 Å². The van der Waals surface area contributed by atoms with E-state index in [-0.39, 0.29) is 0 Å². The first-order valence-corrected chi connectivity index (χ1v) is 5.87. The third-order valence-electron chi connectivity index (χ3n) is 2.20. The second-order valence-corrected chi connectivity index (χ2v) is 4.10. The van der Waals surface area contributed by atoms with Crippen LogP contribution in [0.4, 0.5) is 5.95 Å². The van der Waals surface area contributed by atoms with Crippen LogP contribution in [-0.4, -0.2) is 26.3 Å². The molecule has 0 aliphatic carbocycles. The predicted molar refractivity (Wildman–Crippen MR) is 67.7 cm³/mol. The number of anilines is 1. The Bertz CT molecular complexity index is 508. The molecular weight excluding hydrogens is 238 g/mol. The lowest BCUT2D eigenvalue weighted by Gasteiger charge is -2.06. The maximum Gasteiger partial charge on any atom is 0.224 e. The van der Waals surface area contributed by atoms with Crippen molar-refractivity contribution in [1.29, 1.82) is 0 Å². The van der Waals surface area contributed by atoms with Gasteiger partial charge in [-0.2, -0.15) is 10.1 Å². The van der Waals surface area contributed by atoms with Crippen molar-refractivity contribution in [2.75, 3.05) is 11.9 Å². The molecule has 0 aliphatic heterocycles. The van der Waals surface area contributed by atoms with E-state index in [1.807, 2.05) is 19.2 Å². The number of aryl methyl sites for hydroxylation is 1. The van der Waals surface area contributed by atoms with Gasteiger partial charge in [-0.15, -0.1) is 0 Å². The number of aromatic nitrogens is 4. The Kier molecular flexibility index (Phi) is 3.58. The zero-order valence-corrected chi connectivity index (χ0v) is 10.6. The summed E-state index contributed by atoms with van der Waals surface area (Å²) in [4.78, 5) is 8.45. The van der Waals surface area contributed by atoms with Crippen LogP contribution in [-0.2, 0) is 0 Å². The number of halogens is 1. The summed E-state index contributed by atoms with van der Waals surface area (Å²) in [5, 5.41) is 7.88. The van der Waals surface area contributed by atoms with E-state index in [0.29, 0.717) is 16.8 Å². The maximum absolute atomic E-state index is 6.06. The number of nitrogens with zero attached hydrogens (tertiary/aromatic N) is 4. The molecule has 0 aliphatic rings. The van der Waals surface area contributed by atoms with Gasteiger partial charge in [-0.25, -0.2) is 9.67 Å². The average molecular weight is 252 g/mol. The van der Waals surface area contributed by atoms with E-state index in [2.05, 4.69) is 27.3 Å². The summed E-state index contributed by atoms with van der Waals surface area (Å²) in [5.41, 5.74) is 0.919. The summed E-state index contributed by atoms with van der Waals surface area (Å²) < 4.78 is 1.65. The van der Waals surface area contributed by atoms with Crippen molar-refractivity contribution in [2.24, 2.45) is 0 Å². The lowest BCUT2D eigenvalue weighted by molar-refractivity contribution is 0.824. The van der Waals surface area contributed by atoms with Crippen LogP contribution in [0.15, 0.2) is 18.5 Å². The van der Waals surface area contributed by atoms with Gasteiger partial charge in [0.05, 0.1) is 11.9 Å². The molecule has 0 saturated carbocycles. The molecule has 0 fully saturated rings. The van der Waals surface area contributed by atoms with Crippen LogP contribution in [0.25, 0.3) is 5.82 Å². The van der Waals surface area contributed by atoms with E-state index in [9.17, 15) is 0 Å². The van der Waals surface area contributed by atoms with Crippen LogP contribution in [0, 0.1) is 6.92 Å². The van der Waals surface area contributed by atoms with Crippen molar-refractivity contribution in [3.63, 3.8) is 0 Å². The van der Waals surface area contributed by atoms with E-state index >= 15 is 0 Å². The van der Waals surface area contributed by atoms with Crippen molar-refractivity contribution in [1.82, 2.24) is 19.7 Å². The Morgan fingerprint density at radius 3 is 2.94 bits per heavy atom. The van der Waals surface area contributed by atoms with E-state index in [1.165, 1.54) is 0 Å². The Morgan fingerprint density at radius 2 is 2.29 bits per heavy atom. The largest absolute Gasteiger partial charge is 0.354 e. The number of hydrogen-bond donors (Lipinski definition) is 1. The summed E-state index contributed by atoms with van der Waals surface area (Å²) in [5.74, 6) is 1.16. The molecule has 5 nitrogen and oxygen atoms in total. The van der Waals surface area contributed by atoms with Gasteiger partial charge in [0.15, 0.2) is 5.82 Å². The highest BCUT2D eigenvalue weighted by atomic mass is 35.5. The molecule has 0 unspecified atom stereocenters. The molecule has 0 amide bonds. The van der Waals surface area contributed by atoms with Gasteiger partial charge in [0, 0.05) is 12.7 Å². The highest BCUT2D eigenvalue weighted by Crippen LogP contribution is 2.18. The smallest absolute Gasteiger partial charge is 0.224 e. The molecule has 6 heteroatoms. The summed E-state index contributed by atoms with van der Waals surface area (Å²) in [6, 6.07) is 1.90. The molecule has 17 heavy (non-hydrogen) atoms. The fourth-order valence-electron chi connectivity index (χ4n) is 1.37. The number of rotatable bonds is 4. The molecule has 2 rings (SSSR count). The predicted octanol–water partition coefficient (Wildman–Crippen LogP) is 2.45. The minimum atomic E-state index is 0.482. The molecule has 0 radical (unpaired) electrons. The van der Waals surface area contributed by atoms with Crippen LogP contribution >= 0.6 is 11.6 Å². The Labute approximate surface area is 105 Å². The molecule has 0 atom stereocenters. The number of hydrogen-bond acceptors (Lipinski definition) is 4. The first kappa shape index (κ1) is 11.9. The van der Waals surface area contributed by atoms with Crippen LogP contribution in [0.5, 0.6) is 0 Å². The molecular formula is C11H14ClN5. The van der Waals surface area contributed by atoms with Gasteiger partial charge in [-0.05, 0) is 19.4 Å². The van der Waals surface area contributed by atoms with E-state index in [1.54, 1.807) is 10.9 Å². The third-order valence-corrected chi connectivity index (χ3v) is 2.46. The molecule has 0 saturated heterocycles. The van der Waals surface area contributed by atoms with Gasteiger partial charge in [-0.3, -0.25) is 0 Å². The van der Waals surface area contributed by atoms with Crippen molar-refractivity contribution in [2.45, 2.75) is 20.3 Å². The van der Waals surface area contributed by atoms with E-state index in [0.717, 1.165) is 18.7 Å². The second kappa shape index (κ2) is 5.14. The summed E-state index contributed by atoms with van der Waals surface area (Å²) in [6.07, 6.45) is 4.42. The maximum atomic E-state index is 6.06. The molecule has 0 spiro atoms. The van der Waals surface area contributed by atoms with Gasteiger partial charge in [0.2, 0.25) is 5.95 Å². The Hall–Kier alpha value is -1.62. The first-order valence-electron chi connectivity index (χ1n) is 5.49. The van der Waals surface area contributed by atoms with Crippen molar-refractivity contribution >= 4 is 17.5 Å². The minimum Gasteiger partial charge on any atom is -0.354 e. The topological polar surface area (TPSA) is 55.6 Å². The monoisotopic (exact) mass is 251 g/mol. The number of nitrogens with one attached hydrogen (secondary N) is 1. The minimum absolute atomic E-state index is 0.482. The van der Waals surface area contributed by atoms with Crippen molar-refractivity contribution < 1.29 is 0 Å². The molecule has 0 bridgehead atoms. The fourth-order valence-corrected chi connectivity index (χ4v) is 1.55. The van der Waals surface area contributed by atoms with Gasteiger partial charge >= 0.3 is 0 Å². The third kappa shape index (κ3) is 2.74. The summed E-state index contributed by atoms with van der Waals surface area (Å²) in [7, 11) is 0. The van der Waals surface area contributed by atoms with Gasteiger partial charge in [-0.1, -0.05) is 18.5 Å². The SMILES string of the molecule is CCCNc1ncc(Cl)c(-n2ccc(C)n2)n1. The zero-order chi connectivity index (χ0) is 12.3. The Morgan fingerprint density at radius 1 is 1.47 bits per heavy atom. The Balaban J connectivity index is 2.32. The highest BCUT2D eigenvalue weighted by Gasteiger charge is 2.08. The van der Waals surface area contributed by atoms with Gasteiger partial charge in [0.1, 0.15) is 5.02 Å². The molecule has 2 heterocycles. The molecule has 2 aromatic heterocycles. The van der Waals surface area contributed by atoms with Crippen molar-refractivity contribution in [3.8, 4) is 5.82 Å². The highest BCUT2D eigenvalue weighted by molar-refractivity contribution is 6.32. The lowest BCUT2D eigenvalue weighted by atomic mass is 10.5. The van der Waals surface area contributed by atoms with Crippen LogP contribution in [0.2, 0.25) is 5.02 Å². The second-order valence-electron chi connectivity index (χ2n) is 3.69. The molecule has 90 valence electrons. The zero-order valence-electron chi connectivity index (χ0n) is 9.81. The average Bonchev–Trinajstić information content (AvgIpc) is 2.75. The molecule has 0 aromatic carbocycles.